The normalized spacial score (nSPS) is 20.0. The zero-order chi connectivity index (χ0) is 17.9. The lowest BCUT2D eigenvalue weighted by atomic mass is 10.0. The minimum Gasteiger partial charge on any atom is -0.490 e. The largest absolute Gasteiger partial charge is 0.490 e. The number of benzene rings is 1. The van der Waals surface area contributed by atoms with Crippen LogP contribution in [0.5, 0.6) is 11.5 Å². The molecular formula is C19H23N3O3S. The summed E-state index contributed by atoms with van der Waals surface area (Å²) in [5.74, 6) is 1.61. The molecule has 3 heterocycles. The smallest absolute Gasteiger partial charge is 0.223 e. The minimum atomic E-state index is -0.0860. The number of aromatic nitrogens is 1. The van der Waals surface area contributed by atoms with E-state index in [1.807, 2.05) is 11.4 Å². The van der Waals surface area contributed by atoms with Crippen molar-refractivity contribution in [1.82, 2.24) is 9.88 Å². The van der Waals surface area contributed by atoms with E-state index in [-0.39, 0.29) is 5.91 Å². The van der Waals surface area contributed by atoms with E-state index in [1.165, 1.54) is 30.2 Å². The first-order chi connectivity index (χ1) is 12.7. The van der Waals surface area contributed by atoms with Gasteiger partial charge in [0.15, 0.2) is 16.6 Å². The maximum Gasteiger partial charge on any atom is 0.223 e. The highest BCUT2D eigenvalue weighted by molar-refractivity contribution is 7.13. The lowest BCUT2D eigenvalue weighted by molar-refractivity contribution is -0.114. The van der Waals surface area contributed by atoms with Crippen LogP contribution in [0.1, 0.15) is 43.5 Å². The third kappa shape index (κ3) is 3.83. The fourth-order valence-electron chi connectivity index (χ4n) is 3.58. The average molecular weight is 373 g/mol. The van der Waals surface area contributed by atoms with Crippen molar-refractivity contribution >= 4 is 22.4 Å². The Bertz CT molecular complexity index is 792. The molecule has 2 aliphatic rings. The van der Waals surface area contributed by atoms with Crippen LogP contribution >= 0.6 is 11.3 Å². The number of likely N-dealkylation sites (tertiary alicyclic amines) is 1. The zero-order valence-corrected chi connectivity index (χ0v) is 15.7. The SMILES string of the molecule is CC(=O)Nc1nc(CN2CCC[C@@H]2c2ccc3c(c2)OCCCO3)cs1. The first-order valence-electron chi connectivity index (χ1n) is 9.04. The van der Waals surface area contributed by atoms with Crippen molar-refractivity contribution in [3.05, 3.63) is 34.8 Å². The fourth-order valence-corrected chi connectivity index (χ4v) is 4.32. The molecule has 1 aromatic carbocycles. The Kier molecular flexibility index (Phi) is 5.08. The number of nitrogens with zero attached hydrogens (tertiary/aromatic N) is 2. The van der Waals surface area contributed by atoms with Crippen LogP contribution in [0.15, 0.2) is 23.6 Å². The predicted molar refractivity (Wildman–Crippen MR) is 101 cm³/mol. The van der Waals surface area contributed by atoms with Crippen molar-refractivity contribution in [3.8, 4) is 11.5 Å². The number of ether oxygens (including phenoxy) is 2. The van der Waals surface area contributed by atoms with Crippen molar-refractivity contribution in [2.24, 2.45) is 0 Å². The number of carbonyl (C=O) groups excluding carboxylic acids is 1. The van der Waals surface area contributed by atoms with E-state index in [9.17, 15) is 4.79 Å². The number of rotatable bonds is 4. The Morgan fingerprint density at radius 1 is 1.31 bits per heavy atom. The summed E-state index contributed by atoms with van der Waals surface area (Å²) in [7, 11) is 0. The second-order valence-corrected chi connectivity index (χ2v) is 7.57. The van der Waals surface area contributed by atoms with Crippen LogP contribution in [0.3, 0.4) is 0 Å². The molecule has 1 fully saturated rings. The molecule has 0 aliphatic carbocycles. The van der Waals surface area contributed by atoms with Crippen molar-refractivity contribution in [3.63, 3.8) is 0 Å². The van der Waals surface area contributed by atoms with E-state index in [1.54, 1.807) is 0 Å². The van der Waals surface area contributed by atoms with Gasteiger partial charge in [0.1, 0.15) is 0 Å². The molecule has 4 rings (SSSR count). The molecule has 7 heteroatoms. The predicted octanol–water partition coefficient (Wildman–Crippen LogP) is 3.60. The molecule has 2 aromatic rings. The van der Waals surface area contributed by atoms with Gasteiger partial charge in [-0.25, -0.2) is 4.98 Å². The van der Waals surface area contributed by atoms with Gasteiger partial charge in [-0.15, -0.1) is 11.3 Å². The molecule has 138 valence electrons. The molecule has 0 saturated carbocycles. The average Bonchev–Trinajstić information content (AvgIpc) is 3.18. The lowest BCUT2D eigenvalue weighted by Crippen LogP contribution is -2.23. The molecule has 2 aliphatic heterocycles. The zero-order valence-electron chi connectivity index (χ0n) is 14.9. The number of carbonyl (C=O) groups is 1. The molecule has 1 amide bonds. The van der Waals surface area contributed by atoms with Gasteiger partial charge in [0, 0.05) is 31.3 Å². The molecule has 1 atom stereocenters. The maximum absolute atomic E-state index is 11.2. The first kappa shape index (κ1) is 17.3. The molecule has 26 heavy (non-hydrogen) atoms. The Labute approximate surface area is 157 Å². The van der Waals surface area contributed by atoms with Gasteiger partial charge in [-0.2, -0.15) is 0 Å². The molecule has 0 bridgehead atoms. The van der Waals surface area contributed by atoms with Gasteiger partial charge in [-0.1, -0.05) is 6.07 Å². The maximum atomic E-state index is 11.2. The van der Waals surface area contributed by atoms with E-state index in [0.717, 1.165) is 43.1 Å². The van der Waals surface area contributed by atoms with Crippen LogP contribution in [0, 0.1) is 0 Å². The number of hydrogen-bond donors (Lipinski definition) is 1. The lowest BCUT2D eigenvalue weighted by Gasteiger charge is -2.24. The highest BCUT2D eigenvalue weighted by atomic mass is 32.1. The van der Waals surface area contributed by atoms with Crippen molar-refractivity contribution < 1.29 is 14.3 Å². The topological polar surface area (TPSA) is 63.7 Å². The quantitative estimate of drug-likeness (QED) is 0.887. The van der Waals surface area contributed by atoms with Crippen molar-refractivity contribution in [2.45, 2.75) is 38.8 Å². The molecule has 1 saturated heterocycles. The Hall–Kier alpha value is -2.12. The van der Waals surface area contributed by atoms with E-state index in [2.05, 4.69) is 27.3 Å². The molecular weight excluding hydrogens is 350 g/mol. The van der Waals surface area contributed by atoms with Gasteiger partial charge in [-0.05, 0) is 37.1 Å². The number of fused-ring (bicyclic) bond motifs is 1. The number of hydrogen-bond acceptors (Lipinski definition) is 6. The summed E-state index contributed by atoms with van der Waals surface area (Å²) in [4.78, 5) is 18.1. The second kappa shape index (κ2) is 7.63. The van der Waals surface area contributed by atoms with Gasteiger partial charge < -0.3 is 14.8 Å². The molecule has 6 nitrogen and oxygen atoms in total. The molecule has 0 spiro atoms. The molecule has 1 N–H and O–H groups in total. The summed E-state index contributed by atoms with van der Waals surface area (Å²) in [5.41, 5.74) is 2.27. The van der Waals surface area contributed by atoms with Crippen molar-refractivity contribution in [1.29, 1.82) is 0 Å². The van der Waals surface area contributed by atoms with E-state index >= 15 is 0 Å². The molecule has 0 unspecified atom stereocenters. The highest BCUT2D eigenvalue weighted by Crippen LogP contribution is 2.38. The fraction of sp³-hybridized carbons (Fsp3) is 0.474. The van der Waals surface area contributed by atoms with Gasteiger partial charge in [-0.3, -0.25) is 9.69 Å². The first-order valence-corrected chi connectivity index (χ1v) is 9.92. The number of nitrogens with one attached hydrogen (secondary N) is 1. The monoisotopic (exact) mass is 373 g/mol. The van der Waals surface area contributed by atoms with Crippen LogP contribution in [0.25, 0.3) is 0 Å². The van der Waals surface area contributed by atoms with E-state index < -0.39 is 0 Å². The number of anilines is 1. The third-order valence-electron chi connectivity index (χ3n) is 4.72. The van der Waals surface area contributed by atoms with Gasteiger partial charge in [0.05, 0.1) is 18.9 Å². The number of thiazole rings is 1. The summed E-state index contributed by atoms with van der Waals surface area (Å²) in [6.45, 7) is 4.75. The second-order valence-electron chi connectivity index (χ2n) is 6.71. The van der Waals surface area contributed by atoms with Gasteiger partial charge in [0.25, 0.3) is 0 Å². The minimum absolute atomic E-state index is 0.0860. The standard InChI is InChI=1S/C19H23N3O3S/c1-13(23)20-19-21-15(12-26-19)11-22-7-2-4-16(22)14-5-6-17-18(10-14)25-9-3-8-24-17/h5-6,10,12,16H,2-4,7-9,11H2,1H3,(H,20,21,23)/t16-/m1/s1. The Morgan fingerprint density at radius 3 is 3.00 bits per heavy atom. The molecule has 1 aromatic heterocycles. The summed E-state index contributed by atoms with van der Waals surface area (Å²) in [6.07, 6.45) is 3.21. The van der Waals surface area contributed by atoms with Crippen LogP contribution in [0.4, 0.5) is 5.13 Å². The summed E-state index contributed by atoms with van der Waals surface area (Å²) < 4.78 is 11.6. The summed E-state index contributed by atoms with van der Waals surface area (Å²) in [6, 6.07) is 6.68. The van der Waals surface area contributed by atoms with Crippen molar-refractivity contribution in [2.75, 3.05) is 25.1 Å². The van der Waals surface area contributed by atoms with Crippen LogP contribution < -0.4 is 14.8 Å². The van der Waals surface area contributed by atoms with Crippen LogP contribution in [-0.2, 0) is 11.3 Å². The van der Waals surface area contributed by atoms with E-state index in [4.69, 9.17) is 9.47 Å². The Morgan fingerprint density at radius 2 is 2.15 bits per heavy atom. The highest BCUT2D eigenvalue weighted by Gasteiger charge is 2.27. The molecule has 0 radical (unpaired) electrons. The van der Waals surface area contributed by atoms with E-state index in [0.29, 0.717) is 24.4 Å². The third-order valence-corrected chi connectivity index (χ3v) is 5.53. The summed E-state index contributed by atoms with van der Waals surface area (Å²) >= 11 is 1.47. The summed E-state index contributed by atoms with van der Waals surface area (Å²) in [5, 5.41) is 5.44. The van der Waals surface area contributed by atoms with Crippen LogP contribution in [0.2, 0.25) is 0 Å². The Balaban J connectivity index is 1.49. The van der Waals surface area contributed by atoms with Gasteiger partial charge >= 0.3 is 0 Å². The number of amides is 1. The van der Waals surface area contributed by atoms with Crippen LogP contribution in [-0.4, -0.2) is 35.5 Å². The van der Waals surface area contributed by atoms with Gasteiger partial charge in [0.2, 0.25) is 5.91 Å².